The van der Waals surface area contributed by atoms with E-state index in [2.05, 4.69) is 9.97 Å². The Balaban J connectivity index is 1.76. The summed E-state index contributed by atoms with van der Waals surface area (Å²) < 4.78 is 0. The molecule has 0 saturated carbocycles. The molecule has 0 aromatic carbocycles. The molecule has 0 radical (unpaired) electrons. The van der Waals surface area contributed by atoms with Gasteiger partial charge in [0.15, 0.2) is 0 Å². The molecule has 2 aromatic rings. The lowest BCUT2D eigenvalue weighted by Crippen LogP contribution is -2.41. The molecule has 3 heterocycles. The average Bonchev–Trinajstić information content (AvgIpc) is 2.97. The van der Waals surface area contributed by atoms with Crippen molar-refractivity contribution < 1.29 is 9.59 Å². The van der Waals surface area contributed by atoms with Crippen LogP contribution in [-0.2, 0) is 4.79 Å². The monoisotopic (exact) mass is 330 g/mol. The van der Waals surface area contributed by atoms with Gasteiger partial charge < -0.3 is 10.6 Å². The second-order valence-electron chi connectivity index (χ2n) is 5.62. The summed E-state index contributed by atoms with van der Waals surface area (Å²) in [5.41, 5.74) is 6.82. The quantitative estimate of drug-likeness (QED) is 0.930. The predicted molar refractivity (Wildman–Crippen MR) is 87.9 cm³/mol. The third kappa shape index (κ3) is 3.24. The van der Waals surface area contributed by atoms with Crippen molar-refractivity contribution in [3.63, 3.8) is 0 Å². The first-order chi connectivity index (χ1) is 11.1. The standard InChI is InChI=1S/C16H18N4O2S/c1-10-13(23-15(19-10)12-4-2-3-7-18-12)16(22)20-8-5-11(6-9-20)14(17)21/h2-4,7,11H,5-6,8-9H2,1H3,(H2,17,21). The van der Waals surface area contributed by atoms with E-state index in [0.29, 0.717) is 30.8 Å². The Bertz CT molecular complexity index is 721. The second kappa shape index (κ2) is 6.45. The molecule has 1 aliphatic heterocycles. The topological polar surface area (TPSA) is 89.2 Å². The van der Waals surface area contributed by atoms with Gasteiger partial charge in [-0.05, 0) is 31.9 Å². The molecule has 1 fully saturated rings. The Morgan fingerprint density at radius 3 is 2.65 bits per heavy atom. The van der Waals surface area contributed by atoms with E-state index in [9.17, 15) is 9.59 Å². The molecular weight excluding hydrogens is 312 g/mol. The predicted octanol–water partition coefficient (Wildman–Crippen LogP) is 1.85. The first kappa shape index (κ1) is 15.6. The summed E-state index contributed by atoms with van der Waals surface area (Å²) in [5.74, 6) is -0.417. The fourth-order valence-corrected chi connectivity index (χ4v) is 3.72. The van der Waals surface area contributed by atoms with Crippen molar-refractivity contribution in [1.82, 2.24) is 14.9 Å². The SMILES string of the molecule is Cc1nc(-c2ccccn2)sc1C(=O)N1CCC(C(N)=O)CC1. The number of primary amides is 1. The molecule has 0 unspecified atom stereocenters. The number of aryl methyl sites for hydroxylation is 1. The Hall–Kier alpha value is -2.28. The maximum absolute atomic E-state index is 12.7. The molecule has 7 heteroatoms. The summed E-state index contributed by atoms with van der Waals surface area (Å²) >= 11 is 1.37. The number of rotatable bonds is 3. The van der Waals surface area contributed by atoms with Crippen LogP contribution >= 0.6 is 11.3 Å². The van der Waals surface area contributed by atoms with Gasteiger partial charge in [-0.3, -0.25) is 14.6 Å². The highest BCUT2D eigenvalue weighted by atomic mass is 32.1. The largest absolute Gasteiger partial charge is 0.369 e. The highest BCUT2D eigenvalue weighted by molar-refractivity contribution is 7.17. The van der Waals surface area contributed by atoms with Crippen LogP contribution in [0.3, 0.4) is 0 Å². The van der Waals surface area contributed by atoms with Crippen LogP contribution in [0.5, 0.6) is 0 Å². The number of amides is 2. The molecular formula is C16H18N4O2S. The van der Waals surface area contributed by atoms with E-state index in [1.54, 1.807) is 11.1 Å². The lowest BCUT2D eigenvalue weighted by atomic mass is 9.96. The fourth-order valence-electron chi connectivity index (χ4n) is 2.70. The van der Waals surface area contributed by atoms with Crippen LogP contribution in [0.1, 0.15) is 28.2 Å². The number of hydrogen-bond acceptors (Lipinski definition) is 5. The van der Waals surface area contributed by atoms with Gasteiger partial charge in [-0.1, -0.05) is 6.07 Å². The zero-order chi connectivity index (χ0) is 16.4. The molecule has 1 saturated heterocycles. The lowest BCUT2D eigenvalue weighted by Gasteiger charge is -2.30. The Kier molecular flexibility index (Phi) is 4.38. The van der Waals surface area contributed by atoms with E-state index in [-0.39, 0.29) is 17.7 Å². The number of aromatic nitrogens is 2. The number of thiazole rings is 1. The number of carbonyl (C=O) groups is 2. The highest BCUT2D eigenvalue weighted by Crippen LogP contribution is 2.28. The van der Waals surface area contributed by atoms with Crippen molar-refractivity contribution in [2.45, 2.75) is 19.8 Å². The van der Waals surface area contributed by atoms with Gasteiger partial charge in [0.05, 0.1) is 11.4 Å². The number of likely N-dealkylation sites (tertiary alicyclic amines) is 1. The third-order valence-electron chi connectivity index (χ3n) is 4.06. The third-order valence-corrected chi connectivity index (χ3v) is 5.23. The normalized spacial score (nSPS) is 15.6. The summed E-state index contributed by atoms with van der Waals surface area (Å²) in [4.78, 5) is 35.1. The molecule has 2 N–H and O–H groups in total. The van der Waals surface area contributed by atoms with Crippen LogP contribution in [-0.4, -0.2) is 39.8 Å². The van der Waals surface area contributed by atoms with E-state index in [4.69, 9.17) is 5.73 Å². The zero-order valence-electron chi connectivity index (χ0n) is 12.9. The fraction of sp³-hybridized carbons (Fsp3) is 0.375. The van der Waals surface area contributed by atoms with Crippen LogP contribution in [0.25, 0.3) is 10.7 Å². The summed E-state index contributed by atoms with van der Waals surface area (Å²) in [6.07, 6.45) is 2.97. The second-order valence-corrected chi connectivity index (χ2v) is 6.62. The molecule has 6 nitrogen and oxygen atoms in total. The Morgan fingerprint density at radius 2 is 2.04 bits per heavy atom. The first-order valence-corrected chi connectivity index (χ1v) is 8.35. The minimum Gasteiger partial charge on any atom is -0.369 e. The molecule has 23 heavy (non-hydrogen) atoms. The van der Waals surface area contributed by atoms with Gasteiger partial charge in [0.1, 0.15) is 9.88 Å². The smallest absolute Gasteiger partial charge is 0.265 e. The summed E-state index contributed by atoms with van der Waals surface area (Å²) in [6, 6.07) is 5.62. The van der Waals surface area contributed by atoms with E-state index in [0.717, 1.165) is 16.4 Å². The summed E-state index contributed by atoms with van der Waals surface area (Å²) in [7, 11) is 0. The van der Waals surface area contributed by atoms with Gasteiger partial charge >= 0.3 is 0 Å². The lowest BCUT2D eigenvalue weighted by molar-refractivity contribution is -0.123. The maximum Gasteiger partial charge on any atom is 0.265 e. The molecule has 2 amide bonds. The van der Waals surface area contributed by atoms with Crippen molar-refractivity contribution in [2.75, 3.05) is 13.1 Å². The molecule has 0 spiro atoms. The molecule has 0 bridgehead atoms. The van der Waals surface area contributed by atoms with Gasteiger partial charge in [0.25, 0.3) is 5.91 Å². The van der Waals surface area contributed by atoms with Crippen LogP contribution in [0.2, 0.25) is 0 Å². The molecule has 0 aliphatic carbocycles. The van der Waals surface area contributed by atoms with Gasteiger partial charge in [0, 0.05) is 25.2 Å². The van der Waals surface area contributed by atoms with E-state index < -0.39 is 0 Å². The maximum atomic E-state index is 12.7. The zero-order valence-corrected chi connectivity index (χ0v) is 13.7. The first-order valence-electron chi connectivity index (χ1n) is 7.53. The minimum absolute atomic E-state index is 0.0231. The van der Waals surface area contributed by atoms with Crippen molar-refractivity contribution in [3.05, 3.63) is 35.0 Å². The summed E-state index contributed by atoms with van der Waals surface area (Å²) in [5, 5.41) is 0.749. The number of nitrogens with zero attached hydrogens (tertiary/aromatic N) is 3. The van der Waals surface area contributed by atoms with Crippen molar-refractivity contribution in [3.8, 4) is 10.7 Å². The number of nitrogens with two attached hydrogens (primary N) is 1. The van der Waals surface area contributed by atoms with E-state index in [1.165, 1.54) is 11.3 Å². The van der Waals surface area contributed by atoms with Crippen molar-refractivity contribution in [2.24, 2.45) is 11.7 Å². The van der Waals surface area contributed by atoms with Gasteiger partial charge in [-0.2, -0.15) is 0 Å². The number of hydrogen-bond donors (Lipinski definition) is 1. The average molecular weight is 330 g/mol. The van der Waals surface area contributed by atoms with Gasteiger partial charge in [0.2, 0.25) is 5.91 Å². The van der Waals surface area contributed by atoms with Crippen LogP contribution < -0.4 is 5.73 Å². The number of piperidine rings is 1. The van der Waals surface area contributed by atoms with Crippen molar-refractivity contribution in [1.29, 1.82) is 0 Å². The number of pyridine rings is 1. The van der Waals surface area contributed by atoms with Crippen LogP contribution in [0, 0.1) is 12.8 Å². The Labute approximate surface area is 138 Å². The Morgan fingerprint density at radius 1 is 1.30 bits per heavy atom. The van der Waals surface area contributed by atoms with E-state index in [1.807, 2.05) is 25.1 Å². The minimum atomic E-state index is -0.275. The summed E-state index contributed by atoms with van der Waals surface area (Å²) in [6.45, 7) is 2.96. The molecule has 120 valence electrons. The van der Waals surface area contributed by atoms with Crippen molar-refractivity contribution >= 4 is 23.2 Å². The molecule has 2 aromatic heterocycles. The number of carbonyl (C=O) groups excluding carboxylic acids is 2. The van der Waals surface area contributed by atoms with Gasteiger partial charge in [-0.25, -0.2) is 4.98 Å². The van der Waals surface area contributed by atoms with Crippen LogP contribution in [0.15, 0.2) is 24.4 Å². The molecule has 1 aliphatic rings. The van der Waals surface area contributed by atoms with E-state index >= 15 is 0 Å². The van der Waals surface area contributed by atoms with Crippen LogP contribution in [0.4, 0.5) is 0 Å². The molecule has 0 atom stereocenters. The molecule has 3 rings (SSSR count). The van der Waals surface area contributed by atoms with Gasteiger partial charge in [-0.15, -0.1) is 11.3 Å². The highest BCUT2D eigenvalue weighted by Gasteiger charge is 2.28.